The van der Waals surface area contributed by atoms with Crippen molar-refractivity contribution in [3.05, 3.63) is 60.3 Å². The van der Waals surface area contributed by atoms with Gasteiger partial charge in [0.25, 0.3) is 0 Å². The summed E-state index contributed by atoms with van der Waals surface area (Å²) in [6.07, 6.45) is 4.10. The Morgan fingerprint density at radius 3 is 2.67 bits per heavy atom. The zero-order valence-electron chi connectivity index (χ0n) is 9.48. The van der Waals surface area contributed by atoms with Crippen LogP contribution in [0, 0.1) is 0 Å². The van der Waals surface area contributed by atoms with Gasteiger partial charge in [-0.1, -0.05) is 18.2 Å². The second-order valence-electron chi connectivity index (χ2n) is 3.48. The van der Waals surface area contributed by atoms with Crippen LogP contribution in [0.25, 0.3) is 6.08 Å². The highest BCUT2D eigenvalue weighted by Crippen LogP contribution is 2.23. The average molecular weight is 241 g/mol. The van der Waals surface area contributed by atoms with Gasteiger partial charge in [0.05, 0.1) is 0 Å². The molecule has 1 heterocycles. The SMILES string of the molecule is O=C(O)/C=C/c1cccnc1Oc1ccccc1. The number of aromatic nitrogens is 1. The van der Waals surface area contributed by atoms with Gasteiger partial charge in [0.1, 0.15) is 5.75 Å². The fourth-order valence-corrected chi connectivity index (χ4v) is 1.38. The van der Waals surface area contributed by atoms with E-state index in [4.69, 9.17) is 9.84 Å². The Morgan fingerprint density at radius 1 is 1.17 bits per heavy atom. The number of carboxylic acids is 1. The highest BCUT2D eigenvalue weighted by atomic mass is 16.5. The Labute approximate surface area is 104 Å². The Kier molecular flexibility index (Phi) is 3.71. The smallest absolute Gasteiger partial charge is 0.328 e. The molecule has 0 aliphatic rings. The van der Waals surface area contributed by atoms with E-state index in [0.717, 1.165) is 6.08 Å². The molecular weight excluding hydrogens is 230 g/mol. The summed E-state index contributed by atoms with van der Waals surface area (Å²) in [5.74, 6) is 0.0203. The molecule has 0 amide bonds. The molecular formula is C14H11NO3. The fraction of sp³-hybridized carbons (Fsp3) is 0. The van der Waals surface area contributed by atoms with Crippen molar-refractivity contribution in [2.45, 2.75) is 0 Å². The van der Waals surface area contributed by atoms with Gasteiger partial charge >= 0.3 is 5.97 Å². The van der Waals surface area contributed by atoms with Crippen LogP contribution in [0.1, 0.15) is 5.56 Å². The highest BCUT2D eigenvalue weighted by molar-refractivity contribution is 5.85. The van der Waals surface area contributed by atoms with Gasteiger partial charge in [0, 0.05) is 17.8 Å². The van der Waals surface area contributed by atoms with Crippen molar-refractivity contribution in [3.63, 3.8) is 0 Å². The predicted molar refractivity (Wildman–Crippen MR) is 67.4 cm³/mol. The van der Waals surface area contributed by atoms with Gasteiger partial charge in [-0.15, -0.1) is 0 Å². The summed E-state index contributed by atoms with van der Waals surface area (Å²) in [6, 6.07) is 12.7. The Bertz CT molecular complexity index is 564. The minimum Gasteiger partial charge on any atom is -0.478 e. The second-order valence-corrected chi connectivity index (χ2v) is 3.48. The third kappa shape index (κ3) is 3.18. The lowest BCUT2D eigenvalue weighted by atomic mass is 10.2. The first-order chi connectivity index (χ1) is 8.75. The van der Waals surface area contributed by atoms with Crippen molar-refractivity contribution in [2.75, 3.05) is 0 Å². The number of para-hydroxylation sites is 1. The van der Waals surface area contributed by atoms with Crippen LogP contribution in [-0.2, 0) is 4.79 Å². The number of benzene rings is 1. The molecule has 0 bridgehead atoms. The van der Waals surface area contributed by atoms with Crippen LogP contribution in [0.2, 0.25) is 0 Å². The van der Waals surface area contributed by atoms with Crippen LogP contribution in [0.4, 0.5) is 0 Å². The monoisotopic (exact) mass is 241 g/mol. The molecule has 0 spiro atoms. The maximum atomic E-state index is 10.5. The van der Waals surface area contributed by atoms with Gasteiger partial charge in [-0.05, 0) is 30.3 Å². The zero-order valence-corrected chi connectivity index (χ0v) is 9.48. The molecule has 4 nitrogen and oxygen atoms in total. The van der Waals surface area contributed by atoms with Crippen molar-refractivity contribution in [2.24, 2.45) is 0 Å². The number of hydrogen-bond acceptors (Lipinski definition) is 3. The number of pyridine rings is 1. The third-order valence-electron chi connectivity index (χ3n) is 2.16. The largest absolute Gasteiger partial charge is 0.478 e. The van der Waals surface area contributed by atoms with Crippen molar-refractivity contribution >= 4 is 12.0 Å². The Morgan fingerprint density at radius 2 is 1.94 bits per heavy atom. The summed E-state index contributed by atoms with van der Waals surface area (Å²) in [5.41, 5.74) is 0.615. The van der Waals surface area contributed by atoms with E-state index in [2.05, 4.69) is 4.98 Å². The average Bonchev–Trinajstić information content (AvgIpc) is 2.39. The lowest BCUT2D eigenvalue weighted by Gasteiger charge is -2.06. The maximum absolute atomic E-state index is 10.5. The second kappa shape index (κ2) is 5.63. The van der Waals surface area contributed by atoms with Crippen molar-refractivity contribution in [3.8, 4) is 11.6 Å². The molecule has 0 radical (unpaired) electrons. The van der Waals surface area contributed by atoms with E-state index in [1.165, 1.54) is 6.08 Å². The van der Waals surface area contributed by atoms with E-state index in [0.29, 0.717) is 17.2 Å². The summed E-state index contributed by atoms with van der Waals surface area (Å²) in [4.78, 5) is 14.6. The van der Waals surface area contributed by atoms with Gasteiger partial charge in [0.2, 0.25) is 5.88 Å². The van der Waals surface area contributed by atoms with E-state index >= 15 is 0 Å². The first-order valence-electron chi connectivity index (χ1n) is 5.34. The summed E-state index contributed by atoms with van der Waals surface area (Å²) in [6.45, 7) is 0. The van der Waals surface area contributed by atoms with Gasteiger partial charge < -0.3 is 9.84 Å². The van der Waals surface area contributed by atoms with Gasteiger partial charge in [0.15, 0.2) is 0 Å². The summed E-state index contributed by atoms with van der Waals surface area (Å²) in [5, 5.41) is 8.61. The van der Waals surface area contributed by atoms with E-state index in [1.54, 1.807) is 30.5 Å². The molecule has 90 valence electrons. The molecule has 2 rings (SSSR count). The fourth-order valence-electron chi connectivity index (χ4n) is 1.38. The molecule has 2 aromatic rings. The third-order valence-corrected chi connectivity index (χ3v) is 2.16. The minimum atomic E-state index is -1.01. The number of rotatable bonds is 4. The van der Waals surface area contributed by atoms with Crippen molar-refractivity contribution < 1.29 is 14.6 Å². The minimum absolute atomic E-state index is 0.376. The van der Waals surface area contributed by atoms with Crippen LogP contribution in [0.15, 0.2) is 54.7 Å². The summed E-state index contributed by atoms with van der Waals surface area (Å²) >= 11 is 0. The zero-order chi connectivity index (χ0) is 12.8. The van der Waals surface area contributed by atoms with Crippen LogP contribution in [0.5, 0.6) is 11.6 Å². The van der Waals surface area contributed by atoms with Crippen LogP contribution in [0.3, 0.4) is 0 Å². The number of carbonyl (C=O) groups is 1. The Balaban J connectivity index is 2.25. The topological polar surface area (TPSA) is 59.4 Å². The van der Waals surface area contributed by atoms with Crippen LogP contribution < -0.4 is 4.74 Å². The standard InChI is InChI=1S/C14H11NO3/c16-13(17)9-8-11-5-4-10-15-14(11)18-12-6-2-1-3-7-12/h1-10H,(H,16,17)/b9-8+. The van der Waals surface area contributed by atoms with Crippen molar-refractivity contribution in [1.82, 2.24) is 4.98 Å². The molecule has 1 aromatic carbocycles. The van der Waals surface area contributed by atoms with E-state index < -0.39 is 5.97 Å². The van der Waals surface area contributed by atoms with Gasteiger partial charge in [-0.2, -0.15) is 0 Å². The van der Waals surface area contributed by atoms with Crippen LogP contribution in [-0.4, -0.2) is 16.1 Å². The summed E-state index contributed by atoms with van der Waals surface area (Å²) < 4.78 is 5.59. The number of nitrogens with zero attached hydrogens (tertiary/aromatic N) is 1. The lowest BCUT2D eigenvalue weighted by Crippen LogP contribution is -1.91. The van der Waals surface area contributed by atoms with Crippen LogP contribution >= 0.6 is 0 Å². The molecule has 0 saturated carbocycles. The normalized spacial score (nSPS) is 10.4. The number of aliphatic carboxylic acids is 1. The first-order valence-corrected chi connectivity index (χ1v) is 5.34. The quantitative estimate of drug-likeness (QED) is 0.836. The maximum Gasteiger partial charge on any atom is 0.328 e. The molecule has 0 fully saturated rings. The Hall–Kier alpha value is -2.62. The molecule has 0 unspecified atom stereocenters. The van der Waals surface area contributed by atoms with E-state index in [9.17, 15) is 4.79 Å². The number of ether oxygens (including phenoxy) is 1. The van der Waals surface area contributed by atoms with E-state index in [1.807, 2.05) is 18.2 Å². The predicted octanol–water partition coefficient (Wildman–Crippen LogP) is 2.97. The molecule has 0 aliphatic carbocycles. The first kappa shape index (κ1) is 11.9. The number of carboxylic acid groups (broad SMARTS) is 1. The molecule has 4 heteroatoms. The lowest BCUT2D eigenvalue weighted by molar-refractivity contribution is -0.131. The highest BCUT2D eigenvalue weighted by Gasteiger charge is 2.03. The molecule has 0 aliphatic heterocycles. The molecule has 0 saturated heterocycles. The molecule has 0 atom stereocenters. The molecule has 18 heavy (non-hydrogen) atoms. The number of hydrogen-bond donors (Lipinski definition) is 1. The molecule has 1 N–H and O–H groups in total. The van der Waals surface area contributed by atoms with E-state index in [-0.39, 0.29) is 0 Å². The van der Waals surface area contributed by atoms with Gasteiger partial charge in [-0.25, -0.2) is 9.78 Å². The van der Waals surface area contributed by atoms with Gasteiger partial charge in [-0.3, -0.25) is 0 Å². The molecule has 1 aromatic heterocycles. The van der Waals surface area contributed by atoms with Crippen molar-refractivity contribution in [1.29, 1.82) is 0 Å². The summed E-state index contributed by atoms with van der Waals surface area (Å²) in [7, 11) is 0.